The van der Waals surface area contributed by atoms with Gasteiger partial charge >= 0.3 is 0 Å². The Morgan fingerprint density at radius 1 is 1.11 bits per heavy atom. The first-order valence-corrected chi connectivity index (χ1v) is 8.79. The van der Waals surface area contributed by atoms with Gasteiger partial charge in [-0.3, -0.25) is 19.3 Å². The molecule has 3 N–H and O–H groups in total. The minimum Gasteiger partial charge on any atom is -0.375 e. The number of amides is 2. The first-order chi connectivity index (χ1) is 12.7. The normalized spacial score (nSPS) is 18.7. The van der Waals surface area contributed by atoms with Gasteiger partial charge in [-0.05, 0) is 17.5 Å². The predicted molar refractivity (Wildman–Crippen MR) is 101 cm³/mol. The number of rotatable bonds is 6. The van der Waals surface area contributed by atoms with E-state index in [-0.39, 0.29) is 12.3 Å². The summed E-state index contributed by atoms with van der Waals surface area (Å²) < 4.78 is 0. The summed E-state index contributed by atoms with van der Waals surface area (Å²) in [4.78, 5) is 38.1. The third kappa shape index (κ3) is 3.36. The molecule has 0 saturated heterocycles. The van der Waals surface area contributed by atoms with Crippen molar-refractivity contribution in [2.45, 2.75) is 31.8 Å². The molecule has 0 unspecified atom stereocenters. The molecule has 0 aromatic heterocycles. The number of benzene rings is 2. The van der Waals surface area contributed by atoms with Crippen LogP contribution >= 0.6 is 0 Å². The second kappa shape index (κ2) is 6.96. The number of ketones is 1. The molecule has 1 heterocycles. The van der Waals surface area contributed by atoms with Crippen LogP contribution in [0.15, 0.2) is 48.5 Å². The molecule has 0 radical (unpaired) electrons. The standard InChI is InChI=1S/C21H22N2O4/c1-13(2)14-7-9-15(10-8-14)18(24)11-21(27)16-5-3-4-6-17(16)23(20(21)26)12-19(22)25/h3-10,13,27H,11-12H2,1-2H3,(H2,22,25)/t21-/m0/s1. The van der Waals surface area contributed by atoms with Crippen molar-refractivity contribution < 1.29 is 19.5 Å². The van der Waals surface area contributed by atoms with E-state index in [1.807, 2.05) is 12.1 Å². The highest BCUT2D eigenvalue weighted by atomic mass is 16.3. The zero-order chi connectivity index (χ0) is 19.8. The highest BCUT2D eigenvalue weighted by molar-refractivity contribution is 6.12. The maximum atomic E-state index is 12.8. The molecule has 0 aliphatic carbocycles. The van der Waals surface area contributed by atoms with E-state index in [4.69, 9.17) is 5.73 Å². The second-order valence-corrected chi connectivity index (χ2v) is 7.11. The largest absolute Gasteiger partial charge is 0.375 e. The van der Waals surface area contributed by atoms with Crippen molar-refractivity contribution in [3.63, 3.8) is 0 Å². The highest BCUT2D eigenvalue weighted by Crippen LogP contribution is 2.42. The summed E-state index contributed by atoms with van der Waals surface area (Å²) in [5, 5.41) is 11.1. The Kier molecular flexibility index (Phi) is 4.85. The number of nitrogens with zero attached hydrogens (tertiary/aromatic N) is 1. The number of hydrogen-bond donors (Lipinski definition) is 2. The van der Waals surface area contributed by atoms with Crippen molar-refractivity contribution in [1.82, 2.24) is 0 Å². The summed E-state index contributed by atoms with van der Waals surface area (Å²) in [5.74, 6) is -1.42. The number of fused-ring (bicyclic) bond motifs is 1. The van der Waals surface area contributed by atoms with Crippen LogP contribution in [0.1, 0.15) is 47.7 Å². The summed E-state index contributed by atoms with van der Waals surface area (Å²) in [6, 6.07) is 13.7. The van der Waals surface area contributed by atoms with Crippen LogP contribution in [0.25, 0.3) is 0 Å². The topological polar surface area (TPSA) is 101 Å². The summed E-state index contributed by atoms with van der Waals surface area (Å²) in [5.41, 5.74) is 5.44. The molecule has 3 rings (SSSR count). The van der Waals surface area contributed by atoms with Crippen molar-refractivity contribution in [2.75, 3.05) is 11.4 Å². The molecule has 0 fully saturated rings. The molecule has 2 aromatic rings. The van der Waals surface area contributed by atoms with Gasteiger partial charge in [-0.15, -0.1) is 0 Å². The minimum absolute atomic E-state index is 0.309. The molecule has 1 aliphatic rings. The van der Waals surface area contributed by atoms with Crippen molar-refractivity contribution in [2.24, 2.45) is 5.73 Å². The van der Waals surface area contributed by atoms with Gasteiger partial charge in [0, 0.05) is 11.1 Å². The Hall–Kier alpha value is -2.99. The fourth-order valence-corrected chi connectivity index (χ4v) is 3.38. The Morgan fingerprint density at radius 2 is 1.74 bits per heavy atom. The number of carbonyl (C=O) groups excluding carboxylic acids is 3. The number of carbonyl (C=O) groups is 3. The highest BCUT2D eigenvalue weighted by Gasteiger charge is 2.51. The van der Waals surface area contributed by atoms with Gasteiger partial charge in [-0.25, -0.2) is 0 Å². The van der Waals surface area contributed by atoms with Gasteiger partial charge < -0.3 is 10.8 Å². The van der Waals surface area contributed by atoms with Gasteiger partial charge in [-0.2, -0.15) is 0 Å². The number of nitrogens with two attached hydrogens (primary N) is 1. The van der Waals surface area contributed by atoms with E-state index in [9.17, 15) is 19.5 Å². The Bertz CT molecular complexity index is 905. The number of aliphatic hydroxyl groups is 1. The molecular weight excluding hydrogens is 344 g/mol. The molecule has 6 heteroatoms. The summed E-state index contributed by atoms with van der Waals surface area (Å²) in [6.45, 7) is 3.76. The molecular formula is C21H22N2O4. The third-order valence-corrected chi connectivity index (χ3v) is 4.87. The SMILES string of the molecule is CC(C)c1ccc(C(=O)C[C@@]2(O)C(=O)N(CC(N)=O)c3ccccc32)cc1. The van der Waals surface area contributed by atoms with E-state index in [1.54, 1.807) is 36.4 Å². The van der Waals surface area contributed by atoms with Gasteiger partial charge in [-0.1, -0.05) is 56.3 Å². The average Bonchev–Trinajstić information content (AvgIpc) is 2.84. The van der Waals surface area contributed by atoms with Crippen LogP contribution in [0.5, 0.6) is 0 Å². The lowest BCUT2D eigenvalue weighted by molar-refractivity contribution is -0.136. The van der Waals surface area contributed by atoms with Crippen molar-refractivity contribution in [1.29, 1.82) is 0 Å². The molecule has 6 nitrogen and oxygen atoms in total. The lowest BCUT2D eigenvalue weighted by atomic mass is 9.87. The molecule has 0 saturated carbocycles. The van der Waals surface area contributed by atoms with Crippen LogP contribution in [0.2, 0.25) is 0 Å². The molecule has 0 spiro atoms. The Morgan fingerprint density at radius 3 is 2.33 bits per heavy atom. The van der Waals surface area contributed by atoms with Gasteiger partial charge in [0.25, 0.3) is 5.91 Å². The third-order valence-electron chi connectivity index (χ3n) is 4.87. The van der Waals surface area contributed by atoms with Gasteiger partial charge in [0.2, 0.25) is 5.91 Å². The summed E-state index contributed by atoms with van der Waals surface area (Å²) in [7, 11) is 0. The fraction of sp³-hybridized carbons (Fsp3) is 0.286. The van der Waals surface area contributed by atoms with Crippen LogP contribution in [-0.4, -0.2) is 29.2 Å². The zero-order valence-electron chi connectivity index (χ0n) is 15.3. The van der Waals surface area contributed by atoms with Crippen LogP contribution in [0, 0.1) is 0 Å². The first-order valence-electron chi connectivity index (χ1n) is 8.79. The van der Waals surface area contributed by atoms with Gasteiger partial charge in [0.05, 0.1) is 12.1 Å². The van der Waals surface area contributed by atoms with Crippen LogP contribution in [0.4, 0.5) is 5.69 Å². The number of Topliss-reactive ketones (excluding diaryl/α,β-unsaturated/α-hetero) is 1. The maximum absolute atomic E-state index is 12.8. The fourth-order valence-electron chi connectivity index (χ4n) is 3.38. The monoisotopic (exact) mass is 366 g/mol. The quantitative estimate of drug-likeness (QED) is 0.765. The maximum Gasteiger partial charge on any atom is 0.264 e. The van der Waals surface area contributed by atoms with Crippen molar-refractivity contribution >= 4 is 23.3 Å². The molecule has 0 bridgehead atoms. The number of para-hydroxylation sites is 1. The Balaban J connectivity index is 1.92. The lowest BCUT2D eigenvalue weighted by Crippen LogP contribution is -2.44. The molecule has 1 atom stereocenters. The van der Waals surface area contributed by atoms with E-state index >= 15 is 0 Å². The van der Waals surface area contributed by atoms with Gasteiger partial charge in [0.1, 0.15) is 6.54 Å². The van der Waals surface area contributed by atoms with Crippen LogP contribution < -0.4 is 10.6 Å². The second-order valence-electron chi connectivity index (χ2n) is 7.11. The van der Waals surface area contributed by atoms with E-state index < -0.39 is 23.8 Å². The zero-order valence-corrected chi connectivity index (χ0v) is 15.3. The molecule has 140 valence electrons. The minimum atomic E-state index is -2.01. The molecule has 2 amide bonds. The van der Waals surface area contributed by atoms with Crippen LogP contribution in [-0.2, 0) is 15.2 Å². The molecule has 27 heavy (non-hydrogen) atoms. The number of hydrogen-bond acceptors (Lipinski definition) is 4. The average molecular weight is 366 g/mol. The van der Waals surface area contributed by atoms with E-state index in [2.05, 4.69) is 13.8 Å². The molecule has 1 aliphatic heterocycles. The smallest absolute Gasteiger partial charge is 0.264 e. The van der Waals surface area contributed by atoms with Crippen LogP contribution in [0.3, 0.4) is 0 Å². The van der Waals surface area contributed by atoms with E-state index in [0.717, 1.165) is 10.5 Å². The Labute approximate surface area is 157 Å². The first kappa shape index (κ1) is 18.8. The predicted octanol–water partition coefficient (Wildman–Crippen LogP) is 2.10. The van der Waals surface area contributed by atoms with Gasteiger partial charge in [0.15, 0.2) is 11.4 Å². The van der Waals surface area contributed by atoms with Crippen molar-refractivity contribution in [3.05, 3.63) is 65.2 Å². The lowest BCUT2D eigenvalue weighted by Gasteiger charge is -2.22. The van der Waals surface area contributed by atoms with Crippen molar-refractivity contribution in [3.8, 4) is 0 Å². The van der Waals surface area contributed by atoms with E-state index in [0.29, 0.717) is 22.7 Å². The number of anilines is 1. The summed E-state index contributed by atoms with van der Waals surface area (Å²) >= 11 is 0. The van der Waals surface area contributed by atoms with E-state index in [1.165, 1.54) is 0 Å². The number of primary amides is 1. The molecule has 2 aromatic carbocycles. The summed E-state index contributed by atoms with van der Waals surface area (Å²) in [6.07, 6.45) is -0.404.